The zero-order valence-corrected chi connectivity index (χ0v) is 11.9. The van der Waals surface area contributed by atoms with E-state index in [1.165, 1.54) is 13.2 Å². The third-order valence-electron chi connectivity index (χ3n) is 2.52. The number of nitrogens with one attached hydrogen (secondary N) is 1. The fourth-order valence-corrected chi connectivity index (χ4v) is 1.99. The van der Waals surface area contributed by atoms with E-state index in [0.29, 0.717) is 11.3 Å². The van der Waals surface area contributed by atoms with Gasteiger partial charge in [0.2, 0.25) is 0 Å². The van der Waals surface area contributed by atoms with Gasteiger partial charge in [0.25, 0.3) is 5.69 Å². The van der Waals surface area contributed by atoms with Crippen molar-refractivity contribution in [2.75, 3.05) is 31.0 Å². The first-order chi connectivity index (χ1) is 9.01. The van der Waals surface area contributed by atoms with Gasteiger partial charge in [0.15, 0.2) is 0 Å². The van der Waals surface area contributed by atoms with Crippen LogP contribution in [0.5, 0.6) is 0 Å². The Hall–Kier alpha value is -1.76. The van der Waals surface area contributed by atoms with Crippen LogP contribution < -0.4 is 5.32 Å². The van der Waals surface area contributed by atoms with Crippen LogP contribution in [0.15, 0.2) is 12.1 Å². The van der Waals surface area contributed by atoms with Crippen LogP contribution >= 0.6 is 11.8 Å². The van der Waals surface area contributed by atoms with E-state index in [-0.39, 0.29) is 11.3 Å². The van der Waals surface area contributed by atoms with Crippen molar-refractivity contribution in [1.82, 2.24) is 0 Å². The summed E-state index contributed by atoms with van der Waals surface area (Å²) >= 11 is 1.69. The molecular formula is C12H16N2O4S. The number of anilines is 1. The van der Waals surface area contributed by atoms with E-state index in [1.807, 2.05) is 6.26 Å². The number of hydrogen-bond donors (Lipinski definition) is 1. The van der Waals surface area contributed by atoms with Crippen molar-refractivity contribution in [3.8, 4) is 0 Å². The topological polar surface area (TPSA) is 81.5 Å². The fourth-order valence-electron chi connectivity index (χ4n) is 1.69. The summed E-state index contributed by atoms with van der Waals surface area (Å²) in [6.45, 7) is 2.32. The Labute approximate surface area is 115 Å². The van der Waals surface area contributed by atoms with Crippen LogP contribution in [0.25, 0.3) is 0 Å². The van der Waals surface area contributed by atoms with Crippen LogP contribution in [0, 0.1) is 17.0 Å². The molecule has 0 heterocycles. The van der Waals surface area contributed by atoms with Crippen molar-refractivity contribution in [2.24, 2.45) is 0 Å². The highest BCUT2D eigenvalue weighted by atomic mass is 32.2. The van der Waals surface area contributed by atoms with Gasteiger partial charge in [-0.1, -0.05) is 0 Å². The first-order valence-corrected chi connectivity index (χ1v) is 7.00. The zero-order valence-electron chi connectivity index (χ0n) is 11.1. The van der Waals surface area contributed by atoms with Gasteiger partial charge in [0.1, 0.15) is 5.56 Å². The van der Waals surface area contributed by atoms with Gasteiger partial charge in [0.05, 0.1) is 12.0 Å². The average molecular weight is 284 g/mol. The second-order valence-corrected chi connectivity index (χ2v) is 4.84. The molecule has 0 aliphatic heterocycles. The molecule has 0 atom stereocenters. The second-order valence-electron chi connectivity index (χ2n) is 3.86. The van der Waals surface area contributed by atoms with Crippen molar-refractivity contribution in [2.45, 2.75) is 6.92 Å². The highest BCUT2D eigenvalue weighted by molar-refractivity contribution is 7.98. The molecule has 1 aromatic rings. The molecule has 1 rings (SSSR count). The Morgan fingerprint density at radius 1 is 1.53 bits per heavy atom. The van der Waals surface area contributed by atoms with Gasteiger partial charge in [-0.15, -0.1) is 0 Å². The number of rotatable bonds is 6. The molecule has 0 bridgehead atoms. The van der Waals surface area contributed by atoms with Gasteiger partial charge in [-0.3, -0.25) is 10.1 Å². The SMILES string of the molecule is COC(=O)c1cc(NCCSC)cc(C)c1[N+](=O)[O-]. The van der Waals surface area contributed by atoms with Crippen LogP contribution in [0.4, 0.5) is 11.4 Å². The van der Waals surface area contributed by atoms with Crippen LogP contribution in [0.3, 0.4) is 0 Å². The molecule has 0 aliphatic rings. The zero-order chi connectivity index (χ0) is 14.4. The molecule has 0 aliphatic carbocycles. The number of carbonyl (C=O) groups excluding carboxylic acids is 1. The molecule has 0 amide bonds. The molecule has 0 saturated carbocycles. The van der Waals surface area contributed by atoms with Crippen molar-refractivity contribution in [1.29, 1.82) is 0 Å². The minimum absolute atomic E-state index is 0.0286. The van der Waals surface area contributed by atoms with Crippen LogP contribution in [0.2, 0.25) is 0 Å². The third-order valence-corrected chi connectivity index (χ3v) is 3.14. The van der Waals surface area contributed by atoms with E-state index in [4.69, 9.17) is 0 Å². The number of nitrogens with zero attached hydrogens (tertiary/aromatic N) is 1. The molecule has 7 heteroatoms. The summed E-state index contributed by atoms with van der Waals surface area (Å²) in [7, 11) is 1.20. The molecule has 0 aromatic heterocycles. The summed E-state index contributed by atoms with van der Waals surface area (Å²) in [5.74, 6) is 0.201. The normalized spacial score (nSPS) is 10.1. The fraction of sp³-hybridized carbons (Fsp3) is 0.417. The van der Waals surface area contributed by atoms with Gasteiger partial charge in [-0.05, 0) is 25.3 Å². The molecule has 0 radical (unpaired) electrons. The Bertz CT molecular complexity index is 491. The van der Waals surface area contributed by atoms with Gasteiger partial charge in [-0.2, -0.15) is 11.8 Å². The summed E-state index contributed by atoms with van der Waals surface area (Å²) in [4.78, 5) is 22.1. The second kappa shape index (κ2) is 6.98. The average Bonchev–Trinajstić information content (AvgIpc) is 2.36. The van der Waals surface area contributed by atoms with E-state index in [0.717, 1.165) is 12.3 Å². The Kier molecular flexibility index (Phi) is 5.62. The maximum Gasteiger partial charge on any atom is 0.344 e. The van der Waals surface area contributed by atoms with Gasteiger partial charge >= 0.3 is 5.97 Å². The van der Waals surface area contributed by atoms with Crippen molar-refractivity contribution in [3.63, 3.8) is 0 Å². The number of benzene rings is 1. The first-order valence-electron chi connectivity index (χ1n) is 5.61. The number of carbonyl (C=O) groups is 1. The standard InChI is InChI=1S/C12H16N2O4S/c1-8-6-9(13-4-5-19-3)7-10(12(15)18-2)11(8)14(16)17/h6-7,13H,4-5H2,1-3H3. The van der Waals surface area contributed by atoms with E-state index in [9.17, 15) is 14.9 Å². The smallest absolute Gasteiger partial charge is 0.344 e. The van der Waals surface area contributed by atoms with E-state index < -0.39 is 10.9 Å². The Morgan fingerprint density at radius 3 is 2.74 bits per heavy atom. The van der Waals surface area contributed by atoms with Crippen molar-refractivity contribution >= 4 is 29.1 Å². The minimum atomic E-state index is -0.705. The lowest BCUT2D eigenvalue weighted by Gasteiger charge is -2.10. The van der Waals surface area contributed by atoms with Crippen LogP contribution in [-0.4, -0.2) is 36.6 Å². The van der Waals surface area contributed by atoms with Crippen LogP contribution in [0.1, 0.15) is 15.9 Å². The van der Waals surface area contributed by atoms with Gasteiger partial charge in [0, 0.05) is 23.5 Å². The molecule has 0 fully saturated rings. The quantitative estimate of drug-likeness (QED) is 0.374. The van der Waals surface area contributed by atoms with Crippen molar-refractivity contribution in [3.05, 3.63) is 33.4 Å². The summed E-state index contributed by atoms with van der Waals surface area (Å²) in [6, 6.07) is 3.11. The number of thioether (sulfide) groups is 1. The third kappa shape index (κ3) is 3.85. The van der Waals surface area contributed by atoms with Crippen molar-refractivity contribution < 1.29 is 14.5 Å². The maximum atomic E-state index is 11.6. The molecule has 6 nitrogen and oxygen atoms in total. The summed E-state index contributed by atoms with van der Waals surface area (Å²) < 4.78 is 4.59. The number of hydrogen-bond acceptors (Lipinski definition) is 6. The lowest BCUT2D eigenvalue weighted by atomic mass is 10.1. The molecule has 0 saturated heterocycles. The molecule has 104 valence electrons. The lowest BCUT2D eigenvalue weighted by Crippen LogP contribution is -2.10. The molecular weight excluding hydrogens is 268 g/mol. The monoisotopic (exact) mass is 284 g/mol. The van der Waals surface area contributed by atoms with E-state index in [1.54, 1.807) is 24.8 Å². The Morgan fingerprint density at radius 2 is 2.21 bits per heavy atom. The molecule has 0 unspecified atom stereocenters. The summed E-state index contributed by atoms with van der Waals surface area (Å²) in [5.41, 5.74) is 0.874. The highest BCUT2D eigenvalue weighted by Crippen LogP contribution is 2.28. The molecule has 19 heavy (non-hydrogen) atoms. The van der Waals surface area contributed by atoms with Gasteiger partial charge < -0.3 is 10.1 Å². The number of ether oxygens (including phenoxy) is 1. The summed E-state index contributed by atoms with van der Waals surface area (Å²) in [6.07, 6.45) is 1.99. The van der Waals surface area contributed by atoms with Gasteiger partial charge in [-0.25, -0.2) is 4.79 Å². The highest BCUT2D eigenvalue weighted by Gasteiger charge is 2.24. The number of nitro groups is 1. The number of methoxy groups -OCH3 is 1. The number of aryl methyl sites for hydroxylation is 1. The predicted octanol–water partition coefficient (Wildman–Crippen LogP) is 2.46. The first kappa shape index (κ1) is 15.3. The number of nitro benzene ring substituents is 1. The molecule has 0 spiro atoms. The largest absolute Gasteiger partial charge is 0.465 e. The predicted molar refractivity (Wildman–Crippen MR) is 76.0 cm³/mol. The lowest BCUT2D eigenvalue weighted by molar-refractivity contribution is -0.385. The molecule has 1 aromatic carbocycles. The Balaban J connectivity index is 3.15. The van der Waals surface area contributed by atoms with E-state index >= 15 is 0 Å². The maximum absolute atomic E-state index is 11.6. The van der Waals surface area contributed by atoms with Crippen LogP contribution in [-0.2, 0) is 4.74 Å². The molecule has 1 N–H and O–H groups in total. The summed E-state index contributed by atoms with van der Waals surface area (Å²) in [5, 5.41) is 14.1. The minimum Gasteiger partial charge on any atom is -0.465 e. The number of esters is 1. The van der Waals surface area contributed by atoms with E-state index in [2.05, 4.69) is 10.1 Å².